The number of hydrogen-bond acceptors (Lipinski definition) is 6. The molecule has 152 valence electrons. The minimum Gasteiger partial charge on any atom is -0.486 e. The first-order chi connectivity index (χ1) is 14.5. The van der Waals surface area contributed by atoms with E-state index in [0.717, 1.165) is 39.4 Å². The van der Waals surface area contributed by atoms with Crippen LogP contribution in [0.2, 0.25) is 0 Å². The molecule has 8 heteroatoms. The zero-order valence-corrected chi connectivity index (χ0v) is 17.0. The van der Waals surface area contributed by atoms with Crippen molar-refractivity contribution >= 4 is 48.9 Å². The van der Waals surface area contributed by atoms with Gasteiger partial charge in [-0.1, -0.05) is 24.3 Å². The maximum Gasteiger partial charge on any atom is 0.229 e. The molecular formula is C22H19N3O4S. The second-order valence-electron chi connectivity index (χ2n) is 7.10. The summed E-state index contributed by atoms with van der Waals surface area (Å²) in [6, 6.07) is 18.8. The number of nitrogens with zero attached hydrogens (tertiary/aromatic N) is 1. The Balaban J connectivity index is 1.67. The van der Waals surface area contributed by atoms with Crippen molar-refractivity contribution in [3.8, 4) is 11.5 Å². The van der Waals surface area contributed by atoms with Crippen LogP contribution in [0.25, 0.3) is 21.8 Å². The van der Waals surface area contributed by atoms with Crippen LogP contribution in [0.4, 0.5) is 17.1 Å². The summed E-state index contributed by atoms with van der Waals surface area (Å²) in [5, 5.41) is 5.29. The van der Waals surface area contributed by atoms with E-state index in [2.05, 4.69) is 10.0 Å². The lowest BCUT2D eigenvalue weighted by Crippen LogP contribution is -2.15. The number of benzene rings is 3. The lowest BCUT2D eigenvalue weighted by Gasteiger charge is -2.20. The van der Waals surface area contributed by atoms with Crippen LogP contribution >= 0.6 is 0 Å². The molecule has 4 aromatic rings. The van der Waals surface area contributed by atoms with Crippen molar-refractivity contribution in [2.24, 2.45) is 0 Å². The van der Waals surface area contributed by atoms with Crippen molar-refractivity contribution in [2.75, 3.05) is 29.5 Å². The van der Waals surface area contributed by atoms with E-state index in [-0.39, 0.29) is 0 Å². The standard InChI is InChI=1S/C22H19N3O4S/c1-30(26,27)25-15-6-4-5-14(11-15)23-22-16-7-2-3-8-18(16)24-19-13-21-20(12-17(19)22)28-9-10-29-21/h2-8,11-13,25H,9-10H2,1H3,(H,23,24). The quantitative estimate of drug-likeness (QED) is 0.478. The van der Waals surface area contributed by atoms with E-state index in [1.54, 1.807) is 18.2 Å². The molecule has 0 aliphatic carbocycles. The second-order valence-corrected chi connectivity index (χ2v) is 8.85. The van der Waals surface area contributed by atoms with Crippen LogP contribution in [0, 0.1) is 0 Å². The molecule has 0 atom stereocenters. The van der Waals surface area contributed by atoms with Gasteiger partial charge in [0.05, 0.1) is 28.7 Å². The highest BCUT2D eigenvalue weighted by atomic mass is 32.2. The van der Waals surface area contributed by atoms with Crippen LogP contribution in [0.3, 0.4) is 0 Å². The largest absolute Gasteiger partial charge is 0.486 e. The number of hydrogen-bond donors (Lipinski definition) is 2. The van der Waals surface area contributed by atoms with E-state index in [0.29, 0.717) is 30.4 Å². The van der Waals surface area contributed by atoms with E-state index in [9.17, 15) is 8.42 Å². The SMILES string of the molecule is CS(=O)(=O)Nc1cccc(Nc2c3ccccc3nc3cc4c(cc23)OCCO4)c1. The van der Waals surface area contributed by atoms with Gasteiger partial charge in [0, 0.05) is 22.5 Å². The summed E-state index contributed by atoms with van der Waals surface area (Å²) in [5.74, 6) is 1.36. The average Bonchev–Trinajstić information content (AvgIpc) is 2.71. The lowest BCUT2D eigenvalue weighted by atomic mass is 10.1. The fraction of sp³-hybridized carbons (Fsp3) is 0.136. The van der Waals surface area contributed by atoms with E-state index in [1.165, 1.54) is 0 Å². The Morgan fingerprint density at radius 2 is 1.57 bits per heavy atom. The van der Waals surface area contributed by atoms with Gasteiger partial charge < -0.3 is 14.8 Å². The van der Waals surface area contributed by atoms with Crippen LogP contribution in [0.1, 0.15) is 0 Å². The smallest absolute Gasteiger partial charge is 0.229 e. The topological polar surface area (TPSA) is 89.6 Å². The predicted molar refractivity (Wildman–Crippen MR) is 118 cm³/mol. The third-order valence-electron chi connectivity index (χ3n) is 4.78. The number of ether oxygens (including phenoxy) is 2. The molecule has 1 aliphatic heterocycles. The van der Waals surface area contributed by atoms with Crippen LogP contribution in [-0.4, -0.2) is 32.9 Å². The number of sulfonamides is 1. The molecule has 1 aliphatic rings. The van der Waals surface area contributed by atoms with Crippen molar-refractivity contribution in [1.82, 2.24) is 4.98 Å². The molecular weight excluding hydrogens is 402 g/mol. The van der Waals surface area contributed by atoms with Crippen LogP contribution < -0.4 is 19.5 Å². The summed E-state index contributed by atoms with van der Waals surface area (Å²) < 4.78 is 37.2. The minimum atomic E-state index is -3.36. The van der Waals surface area contributed by atoms with Crippen LogP contribution in [0.15, 0.2) is 60.7 Å². The summed E-state index contributed by atoms with van der Waals surface area (Å²) in [6.45, 7) is 1.01. The Morgan fingerprint density at radius 3 is 2.37 bits per heavy atom. The van der Waals surface area contributed by atoms with Gasteiger partial charge in [0.1, 0.15) is 13.2 Å². The maximum atomic E-state index is 11.6. The van der Waals surface area contributed by atoms with Gasteiger partial charge in [-0.25, -0.2) is 13.4 Å². The maximum absolute atomic E-state index is 11.6. The Morgan fingerprint density at radius 1 is 0.833 bits per heavy atom. The first-order valence-corrected chi connectivity index (χ1v) is 11.3. The number of pyridine rings is 1. The molecule has 7 nitrogen and oxygen atoms in total. The number of fused-ring (bicyclic) bond motifs is 3. The molecule has 0 radical (unpaired) electrons. The molecule has 1 aromatic heterocycles. The third-order valence-corrected chi connectivity index (χ3v) is 5.39. The average molecular weight is 421 g/mol. The number of nitrogens with one attached hydrogen (secondary N) is 2. The van der Waals surface area contributed by atoms with Gasteiger partial charge in [-0.3, -0.25) is 4.72 Å². The zero-order chi connectivity index (χ0) is 20.7. The molecule has 5 rings (SSSR count). The molecule has 2 N–H and O–H groups in total. The molecule has 0 fully saturated rings. The first-order valence-electron chi connectivity index (χ1n) is 9.43. The number of anilines is 3. The first kappa shape index (κ1) is 18.5. The molecule has 0 saturated carbocycles. The highest BCUT2D eigenvalue weighted by Gasteiger charge is 2.17. The van der Waals surface area contributed by atoms with Gasteiger partial charge in [-0.2, -0.15) is 0 Å². The Labute approximate surface area is 173 Å². The summed E-state index contributed by atoms with van der Waals surface area (Å²) >= 11 is 0. The monoisotopic (exact) mass is 421 g/mol. The molecule has 30 heavy (non-hydrogen) atoms. The number of rotatable bonds is 4. The zero-order valence-electron chi connectivity index (χ0n) is 16.2. The summed E-state index contributed by atoms with van der Waals surface area (Å²) in [5.41, 5.74) is 3.72. The molecule has 0 saturated heterocycles. The van der Waals surface area contributed by atoms with Crippen molar-refractivity contribution < 1.29 is 17.9 Å². The Bertz CT molecular complexity index is 1390. The fourth-order valence-electron chi connectivity index (χ4n) is 3.58. The third kappa shape index (κ3) is 3.57. The van der Waals surface area contributed by atoms with Crippen LogP contribution in [-0.2, 0) is 10.0 Å². The summed E-state index contributed by atoms with van der Waals surface area (Å²) in [7, 11) is -3.36. The lowest BCUT2D eigenvalue weighted by molar-refractivity contribution is 0.172. The van der Waals surface area contributed by atoms with E-state index < -0.39 is 10.0 Å². The van der Waals surface area contributed by atoms with Crippen LogP contribution in [0.5, 0.6) is 11.5 Å². The van der Waals surface area contributed by atoms with E-state index >= 15 is 0 Å². The molecule has 0 unspecified atom stereocenters. The summed E-state index contributed by atoms with van der Waals surface area (Å²) in [6.07, 6.45) is 1.13. The van der Waals surface area contributed by atoms with Gasteiger partial charge in [0.15, 0.2) is 11.5 Å². The van der Waals surface area contributed by atoms with E-state index in [4.69, 9.17) is 14.5 Å². The van der Waals surface area contributed by atoms with E-state index in [1.807, 2.05) is 42.5 Å². The van der Waals surface area contributed by atoms with Gasteiger partial charge in [0.2, 0.25) is 10.0 Å². The minimum absolute atomic E-state index is 0.485. The molecule has 0 amide bonds. The molecule has 3 aromatic carbocycles. The Hall–Kier alpha value is -3.52. The van der Waals surface area contributed by atoms with Gasteiger partial charge in [-0.15, -0.1) is 0 Å². The fourth-order valence-corrected chi connectivity index (χ4v) is 4.14. The second kappa shape index (κ2) is 7.07. The molecule has 0 spiro atoms. The highest BCUT2D eigenvalue weighted by Crippen LogP contribution is 2.40. The number of para-hydroxylation sites is 1. The molecule has 2 heterocycles. The van der Waals surface area contributed by atoms with Gasteiger partial charge >= 0.3 is 0 Å². The number of aromatic nitrogens is 1. The van der Waals surface area contributed by atoms with Crippen molar-refractivity contribution in [2.45, 2.75) is 0 Å². The summed E-state index contributed by atoms with van der Waals surface area (Å²) in [4.78, 5) is 4.79. The van der Waals surface area contributed by atoms with Crippen molar-refractivity contribution in [3.05, 3.63) is 60.7 Å². The van der Waals surface area contributed by atoms with Crippen molar-refractivity contribution in [3.63, 3.8) is 0 Å². The van der Waals surface area contributed by atoms with Gasteiger partial charge in [-0.05, 0) is 30.3 Å². The van der Waals surface area contributed by atoms with Gasteiger partial charge in [0.25, 0.3) is 0 Å². The highest BCUT2D eigenvalue weighted by molar-refractivity contribution is 7.92. The van der Waals surface area contributed by atoms with Crippen molar-refractivity contribution in [1.29, 1.82) is 0 Å². The normalized spacial score (nSPS) is 13.4. The Kier molecular flexibility index (Phi) is 4.36. The predicted octanol–water partition coefficient (Wildman–Crippen LogP) is 4.27. The molecule has 0 bridgehead atoms.